The van der Waals surface area contributed by atoms with Gasteiger partial charge in [0.1, 0.15) is 0 Å². The summed E-state index contributed by atoms with van der Waals surface area (Å²) < 4.78 is 0. The summed E-state index contributed by atoms with van der Waals surface area (Å²) >= 11 is 0. The summed E-state index contributed by atoms with van der Waals surface area (Å²) in [5.74, 6) is 0.149. The Morgan fingerprint density at radius 1 is 1.25 bits per heavy atom. The highest BCUT2D eigenvalue weighted by Gasteiger charge is 2.11. The van der Waals surface area contributed by atoms with Crippen LogP contribution in [0.2, 0.25) is 0 Å². The quantitative estimate of drug-likeness (QED) is 0.610. The van der Waals surface area contributed by atoms with E-state index in [-0.39, 0.29) is 12.5 Å². The van der Waals surface area contributed by atoms with Crippen molar-refractivity contribution in [2.24, 2.45) is 0 Å². The number of hydrogen-bond donors (Lipinski definition) is 3. The summed E-state index contributed by atoms with van der Waals surface area (Å²) in [6.45, 7) is 0.196. The number of hydrogen-bond acceptors (Lipinski definition) is 5. The normalized spacial score (nSPS) is 10.6. The van der Waals surface area contributed by atoms with Crippen molar-refractivity contribution in [3.63, 3.8) is 0 Å². The van der Waals surface area contributed by atoms with Gasteiger partial charge in [-0.25, -0.2) is 0 Å². The Kier molecular flexibility index (Phi) is 3.00. The van der Waals surface area contributed by atoms with Crippen LogP contribution < -0.4 is 11.1 Å². The highest BCUT2D eigenvalue weighted by molar-refractivity contribution is 6.03. The second-order valence-electron chi connectivity index (χ2n) is 4.30. The number of carbonyl (C=O) groups excluding carboxylic acids is 1. The van der Waals surface area contributed by atoms with E-state index in [0.29, 0.717) is 17.1 Å². The minimum atomic E-state index is -0.266. The van der Waals surface area contributed by atoms with E-state index in [1.165, 1.54) is 0 Å². The zero-order valence-electron chi connectivity index (χ0n) is 10.5. The van der Waals surface area contributed by atoms with Crippen LogP contribution in [0.15, 0.2) is 36.4 Å². The Morgan fingerprint density at radius 2 is 2.00 bits per heavy atom. The predicted molar refractivity (Wildman–Crippen MR) is 73.7 cm³/mol. The van der Waals surface area contributed by atoms with Crippen molar-refractivity contribution in [1.82, 2.24) is 25.9 Å². The number of nitrogen functional groups attached to an aromatic ring is 1. The van der Waals surface area contributed by atoms with Crippen LogP contribution in [0.25, 0.3) is 10.8 Å². The van der Waals surface area contributed by atoms with Gasteiger partial charge in [0, 0.05) is 5.69 Å². The molecule has 0 atom stereocenters. The molecule has 1 aromatic heterocycles. The van der Waals surface area contributed by atoms with Gasteiger partial charge in [0.05, 0.1) is 12.1 Å². The molecule has 1 heterocycles. The fraction of sp³-hybridized carbons (Fsp3) is 0.0769. The number of nitrogens with two attached hydrogens (primary N) is 1. The van der Waals surface area contributed by atoms with E-state index in [1.807, 2.05) is 24.3 Å². The minimum absolute atomic E-state index is 0.196. The molecule has 7 nitrogen and oxygen atoms in total. The average Bonchev–Trinajstić information content (AvgIpc) is 2.97. The van der Waals surface area contributed by atoms with Gasteiger partial charge in [-0.05, 0) is 22.9 Å². The van der Waals surface area contributed by atoms with Crippen molar-refractivity contribution >= 4 is 22.4 Å². The van der Waals surface area contributed by atoms with E-state index >= 15 is 0 Å². The first-order valence-corrected chi connectivity index (χ1v) is 6.03. The number of nitrogens with one attached hydrogen (secondary N) is 2. The van der Waals surface area contributed by atoms with Crippen LogP contribution in [-0.4, -0.2) is 26.5 Å². The first kappa shape index (κ1) is 12.1. The molecule has 7 heteroatoms. The van der Waals surface area contributed by atoms with Crippen molar-refractivity contribution in [1.29, 1.82) is 0 Å². The van der Waals surface area contributed by atoms with Gasteiger partial charge in [-0.2, -0.15) is 5.21 Å². The Bertz CT molecular complexity index is 753. The van der Waals surface area contributed by atoms with Crippen LogP contribution in [0, 0.1) is 0 Å². The fourth-order valence-electron chi connectivity index (χ4n) is 1.97. The molecule has 4 N–H and O–H groups in total. The molecule has 2 aromatic carbocycles. The number of benzene rings is 2. The van der Waals surface area contributed by atoms with Crippen molar-refractivity contribution in [3.8, 4) is 0 Å². The Hall–Kier alpha value is -2.96. The van der Waals surface area contributed by atoms with E-state index in [2.05, 4.69) is 25.9 Å². The largest absolute Gasteiger partial charge is 0.398 e. The van der Waals surface area contributed by atoms with E-state index in [0.717, 1.165) is 10.8 Å². The highest BCUT2D eigenvalue weighted by atomic mass is 16.1. The molecule has 0 saturated carbocycles. The first-order valence-electron chi connectivity index (χ1n) is 6.03. The maximum Gasteiger partial charge on any atom is 0.253 e. The van der Waals surface area contributed by atoms with Gasteiger partial charge in [-0.1, -0.05) is 29.5 Å². The predicted octanol–water partition coefficient (Wildman–Crippen LogP) is 0.865. The first-order chi connectivity index (χ1) is 9.74. The lowest BCUT2D eigenvalue weighted by Gasteiger charge is -2.08. The molecular weight excluding hydrogens is 256 g/mol. The summed E-state index contributed by atoms with van der Waals surface area (Å²) in [4.78, 5) is 12.1. The smallest absolute Gasteiger partial charge is 0.253 e. The maximum absolute atomic E-state index is 12.1. The zero-order chi connectivity index (χ0) is 13.9. The van der Waals surface area contributed by atoms with Crippen LogP contribution in [0.1, 0.15) is 16.2 Å². The van der Waals surface area contributed by atoms with Crippen LogP contribution in [0.5, 0.6) is 0 Å². The average molecular weight is 268 g/mol. The molecule has 0 saturated heterocycles. The summed E-state index contributed by atoms with van der Waals surface area (Å²) in [6.07, 6.45) is 0. The molecule has 0 aliphatic carbocycles. The molecule has 20 heavy (non-hydrogen) atoms. The maximum atomic E-state index is 12.1. The highest BCUT2D eigenvalue weighted by Crippen LogP contribution is 2.21. The third-order valence-corrected chi connectivity index (χ3v) is 2.96. The SMILES string of the molecule is Nc1cc2ccccc2cc1C(=O)NCc1nn[nH]n1. The molecule has 0 bridgehead atoms. The summed E-state index contributed by atoms with van der Waals surface area (Å²) in [6, 6.07) is 11.3. The number of amides is 1. The Morgan fingerprint density at radius 3 is 2.70 bits per heavy atom. The molecule has 100 valence electrons. The molecule has 3 rings (SSSR count). The van der Waals surface area contributed by atoms with Gasteiger partial charge in [0.25, 0.3) is 5.91 Å². The van der Waals surface area contributed by atoms with Gasteiger partial charge in [0.15, 0.2) is 5.82 Å². The number of anilines is 1. The molecule has 0 aliphatic rings. The van der Waals surface area contributed by atoms with E-state index in [9.17, 15) is 4.79 Å². The van der Waals surface area contributed by atoms with E-state index < -0.39 is 0 Å². The van der Waals surface area contributed by atoms with E-state index in [4.69, 9.17) is 5.73 Å². The topological polar surface area (TPSA) is 110 Å². The number of aromatic nitrogens is 4. The van der Waals surface area contributed by atoms with E-state index in [1.54, 1.807) is 12.1 Å². The van der Waals surface area contributed by atoms with Crippen molar-refractivity contribution in [2.75, 3.05) is 5.73 Å². The van der Waals surface area contributed by atoms with Gasteiger partial charge >= 0.3 is 0 Å². The monoisotopic (exact) mass is 268 g/mol. The van der Waals surface area contributed by atoms with Crippen molar-refractivity contribution in [2.45, 2.75) is 6.54 Å². The number of rotatable bonds is 3. The second-order valence-corrected chi connectivity index (χ2v) is 4.30. The number of tetrazole rings is 1. The fourth-order valence-corrected chi connectivity index (χ4v) is 1.97. The summed E-state index contributed by atoms with van der Waals surface area (Å²) in [5.41, 5.74) is 6.80. The second kappa shape index (κ2) is 4.96. The molecule has 0 unspecified atom stereocenters. The van der Waals surface area contributed by atoms with Gasteiger partial charge in [0.2, 0.25) is 0 Å². The zero-order valence-corrected chi connectivity index (χ0v) is 10.5. The lowest BCUT2D eigenvalue weighted by atomic mass is 10.0. The number of fused-ring (bicyclic) bond motifs is 1. The minimum Gasteiger partial charge on any atom is -0.398 e. The molecule has 1 amide bonds. The number of aromatic amines is 1. The third kappa shape index (κ3) is 2.28. The summed E-state index contributed by atoms with van der Waals surface area (Å²) in [7, 11) is 0. The van der Waals surface area contributed by atoms with Crippen LogP contribution in [0.4, 0.5) is 5.69 Å². The van der Waals surface area contributed by atoms with Gasteiger partial charge in [-0.3, -0.25) is 4.79 Å². The van der Waals surface area contributed by atoms with Gasteiger partial charge in [-0.15, -0.1) is 10.2 Å². The van der Waals surface area contributed by atoms with Crippen LogP contribution in [0.3, 0.4) is 0 Å². The summed E-state index contributed by atoms with van der Waals surface area (Å²) in [5, 5.41) is 17.9. The van der Waals surface area contributed by atoms with Crippen molar-refractivity contribution < 1.29 is 4.79 Å². The molecule has 0 radical (unpaired) electrons. The molecule has 0 aliphatic heterocycles. The Balaban J connectivity index is 1.85. The van der Waals surface area contributed by atoms with Crippen molar-refractivity contribution in [3.05, 3.63) is 47.8 Å². The van der Waals surface area contributed by atoms with Crippen LogP contribution >= 0.6 is 0 Å². The van der Waals surface area contributed by atoms with Gasteiger partial charge < -0.3 is 11.1 Å². The Labute approximate surface area is 114 Å². The van der Waals surface area contributed by atoms with Crippen LogP contribution in [-0.2, 0) is 6.54 Å². The molecule has 0 spiro atoms. The molecule has 3 aromatic rings. The number of H-pyrrole nitrogens is 1. The molecular formula is C13H12N6O. The number of nitrogens with zero attached hydrogens (tertiary/aromatic N) is 3. The lowest BCUT2D eigenvalue weighted by Crippen LogP contribution is -2.24. The molecule has 0 fully saturated rings. The third-order valence-electron chi connectivity index (χ3n) is 2.96. The standard InChI is InChI=1S/C13H12N6O/c14-11-6-9-4-2-1-3-8(9)5-10(11)13(20)15-7-12-16-18-19-17-12/h1-6H,7,14H2,(H,15,20)(H,16,17,18,19). The lowest BCUT2D eigenvalue weighted by molar-refractivity contribution is 0.0951. The number of carbonyl (C=O) groups is 1.